The SMILES string of the molecule is CCNC(=NCC1(C)CCCS1)NCC1CCc2nnc(C)n2C1.I. The van der Waals surface area contributed by atoms with Crippen molar-refractivity contribution in [3.8, 4) is 0 Å². The minimum atomic E-state index is 0. The minimum Gasteiger partial charge on any atom is -0.357 e. The molecular weight excluding hydrogens is 447 g/mol. The van der Waals surface area contributed by atoms with Gasteiger partial charge in [-0.15, -0.1) is 34.2 Å². The molecule has 1 aromatic heterocycles. The summed E-state index contributed by atoms with van der Waals surface area (Å²) in [5, 5.41) is 15.4. The fourth-order valence-electron chi connectivity index (χ4n) is 3.49. The average Bonchev–Trinajstić information content (AvgIpc) is 3.17. The van der Waals surface area contributed by atoms with E-state index in [9.17, 15) is 0 Å². The van der Waals surface area contributed by atoms with E-state index in [0.717, 1.165) is 56.6 Å². The van der Waals surface area contributed by atoms with Crippen molar-refractivity contribution >= 4 is 41.7 Å². The van der Waals surface area contributed by atoms with Gasteiger partial charge in [0, 0.05) is 30.8 Å². The molecule has 8 heteroatoms. The van der Waals surface area contributed by atoms with Crippen molar-refractivity contribution in [2.24, 2.45) is 10.9 Å². The predicted octanol–water partition coefficient (Wildman–Crippen LogP) is 2.61. The highest BCUT2D eigenvalue weighted by atomic mass is 127. The van der Waals surface area contributed by atoms with E-state index >= 15 is 0 Å². The number of hydrogen-bond acceptors (Lipinski definition) is 4. The maximum Gasteiger partial charge on any atom is 0.191 e. The van der Waals surface area contributed by atoms with Crippen LogP contribution >= 0.6 is 35.7 Å². The fraction of sp³-hybridized carbons (Fsp3) is 0.824. The van der Waals surface area contributed by atoms with Gasteiger partial charge in [-0.3, -0.25) is 4.99 Å². The van der Waals surface area contributed by atoms with Gasteiger partial charge in [0.2, 0.25) is 0 Å². The van der Waals surface area contributed by atoms with Gasteiger partial charge in [0.25, 0.3) is 0 Å². The molecule has 3 rings (SSSR count). The van der Waals surface area contributed by atoms with Crippen LogP contribution in [0, 0.1) is 12.8 Å². The third-order valence-corrected chi connectivity index (χ3v) is 6.53. The van der Waals surface area contributed by atoms with Gasteiger partial charge in [-0.25, -0.2) is 0 Å². The zero-order valence-corrected chi connectivity index (χ0v) is 18.7. The van der Waals surface area contributed by atoms with Crippen molar-refractivity contribution in [2.75, 3.05) is 25.4 Å². The van der Waals surface area contributed by atoms with Crippen LogP contribution in [0.15, 0.2) is 4.99 Å². The molecule has 142 valence electrons. The lowest BCUT2D eigenvalue weighted by Gasteiger charge is -2.25. The number of guanidine groups is 1. The Morgan fingerprint density at radius 1 is 1.40 bits per heavy atom. The Labute approximate surface area is 172 Å². The van der Waals surface area contributed by atoms with Gasteiger partial charge >= 0.3 is 0 Å². The molecule has 0 aromatic carbocycles. The summed E-state index contributed by atoms with van der Waals surface area (Å²) in [5.74, 6) is 5.00. The molecule has 1 fully saturated rings. The second kappa shape index (κ2) is 9.43. The number of nitrogens with one attached hydrogen (secondary N) is 2. The van der Waals surface area contributed by atoms with Gasteiger partial charge in [0.05, 0.1) is 6.54 Å². The Hall–Kier alpha value is -0.510. The molecule has 25 heavy (non-hydrogen) atoms. The number of fused-ring (bicyclic) bond motifs is 1. The first-order valence-electron chi connectivity index (χ1n) is 9.14. The maximum atomic E-state index is 4.85. The second-order valence-corrected chi connectivity index (χ2v) is 8.84. The average molecular weight is 478 g/mol. The fourth-order valence-corrected chi connectivity index (χ4v) is 4.71. The van der Waals surface area contributed by atoms with E-state index in [4.69, 9.17) is 4.99 Å². The number of nitrogens with zero attached hydrogens (tertiary/aromatic N) is 4. The topological polar surface area (TPSA) is 67.1 Å². The molecule has 2 N–H and O–H groups in total. The van der Waals surface area contributed by atoms with Crippen molar-refractivity contribution < 1.29 is 0 Å². The summed E-state index contributed by atoms with van der Waals surface area (Å²) < 4.78 is 2.58. The molecule has 3 heterocycles. The summed E-state index contributed by atoms with van der Waals surface area (Å²) in [6.45, 7) is 10.3. The van der Waals surface area contributed by atoms with E-state index in [1.54, 1.807) is 0 Å². The summed E-state index contributed by atoms with van der Waals surface area (Å²) in [6.07, 6.45) is 4.79. The minimum absolute atomic E-state index is 0. The standard InChI is InChI=1S/C17H30N6S.HI/c1-4-18-16(20-12-17(3)8-5-9-24-17)19-10-14-6-7-15-22-21-13(2)23(15)11-14;/h14H,4-12H2,1-3H3,(H2,18,19,20);1H. The molecule has 2 aliphatic heterocycles. The molecule has 0 spiro atoms. The molecule has 0 radical (unpaired) electrons. The maximum absolute atomic E-state index is 4.85. The van der Waals surface area contributed by atoms with Crippen LogP contribution in [0.2, 0.25) is 0 Å². The molecule has 0 bridgehead atoms. The van der Waals surface area contributed by atoms with Gasteiger partial charge in [0.1, 0.15) is 11.6 Å². The first kappa shape index (κ1) is 20.8. The van der Waals surface area contributed by atoms with Crippen molar-refractivity contribution in [3.63, 3.8) is 0 Å². The molecular formula is C17H31IN6S. The molecule has 1 aromatic rings. The van der Waals surface area contributed by atoms with Gasteiger partial charge < -0.3 is 15.2 Å². The molecule has 0 amide bonds. The molecule has 0 aliphatic carbocycles. The third-order valence-electron chi connectivity index (χ3n) is 5.00. The Morgan fingerprint density at radius 3 is 2.96 bits per heavy atom. The number of thioether (sulfide) groups is 1. The molecule has 6 nitrogen and oxygen atoms in total. The molecule has 2 atom stereocenters. The van der Waals surface area contributed by atoms with E-state index < -0.39 is 0 Å². The zero-order valence-electron chi connectivity index (χ0n) is 15.5. The smallest absolute Gasteiger partial charge is 0.191 e. The van der Waals surface area contributed by atoms with Crippen molar-refractivity contribution in [1.29, 1.82) is 0 Å². The Balaban J connectivity index is 0.00000225. The summed E-state index contributed by atoms with van der Waals surface area (Å²) in [4.78, 5) is 4.85. The van der Waals surface area contributed by atoms with Gasteiger partial charge in [-0.05, 0) is 51.7 Å². The van der Waals surface area contributed by atoms with E-state index in [2.05, 4.69) is 51.0 Å². The second-order valence-electron chi connectivity index (χ2n) is 7.16. The summed E-state index contributed by atoms with van der Waals surface area (Å²) >= 11 is 2.07. The Morgan fingerprint density at radius 2 is 2.24 bits per heavy atom. The van der Waals surface area contributed by atoms with Gasteiger partial charge in [-0.2, -0.15) is 11.8 Å². The summed E-state index contributed by atoms with van der Waals surface area (Å²) in [6, 6.07) is 0. The lowest BCUT2D eigenvalue weighted by Crippen LogP contribution is -2.42. The molecule has 0 saturated carbocycles. The number of aryl methyl sites for hydroxylation is 2. The number of aliphatic imine (C=N–C) groups is 1. The van der Waals surface area contributed by atoms with Crippen molar-refractivity contribution in [1.82, 2.24) is 25.4 Å². The van der Waals surface area contributed by atoms with Crippen LogP contribution in [0.4, 0.5) is 0 Å². The van der Waals surface area contributed by atoms with Crippen LogP contribution in [-0.2, 0) is 13.0 Å². The van der Waals surface area contributed by atoms with Crippen LogP contribution in [0.5, 0.6) is 0 Å². The number of hydrogen-bond donors (Lipinski definition) is 2. The van der Waals surface area contributed by atoms with E-state index in [0.29, 0.717) is 10.7 Å². The van der Waals surface area contributed by atoms with E-state index in [1.807, 2.05) is 6.92 Å². The van der Waals surface area contributed by atoms with E-state index in [1.165, 1.54) is 18.6 Å². The number of rotatable bonds is 5. The number of aromatic nitrogens is 3. The lowest BCUT2D eigenvalue weighted by molar-refractivity contribution is 0.358. The number of halogens is 1. The van der Waals surface area contributed by atoms with Crippen LogP contribution in [0.1, 0.15) is 44.8 Å². The third kappa shape index (κ3) is 5.48. The largest absolute Gasteiger partial charge is 0.357 e. The summed E-state index contributed by atoms with van der Waals surface area (Å²) in [7, 11) is 0. The monoisotopic (exact) mass is 478 g/mol. The molecule has 2 aliphatic rings. The Kier molecular flexibility index (Phi) is 7.85. The van der Waals surface area contributed by atoms with Crippen LogP contribution < -0.4 is 10.6 Å². The molecule has 1 saturated heterocycles. The first-order chi connectivity index (χ1) is 11.6. The highest BCUT2D eigenvalue weighted by molar-refractivity contribution is 14.0. The van der Waals surface area contributed by atoms with Gasteiger partial charge in [0.15, 0.2) is 5.96 Å². The first-order valence-corrected chi connectivity index (χ1v) is 10.1. The van der Waals surface area contributed by atoms with Crippen LogP contribution in [0.3, 0.4) is 0 Å². The highest BCUT2D eigenvalue weighted by Crippen LogP contribution is 2.37. The lowest BCUT2D eigenvalue weighted by atomic mass is 9.99. The Bertz CT molecular complexity index is 582. The summed E-state index contributed by atoms with van der Waals surface area (Å²) in [5.41, 5.74) is 0. The normalized spacial score (nSPS) is 26.0. The van der Waals surface area contributed by atoms with Crippen LogP contribution in [0.25, 0.3) is 0 Å². The van der Waals surface area contributed by atoms with Crippen molar-refractivity contribution in [3.05, 3.63) is 11.6 Å². The van der Waals surface area contributed by atoms with E-state index in [-0.39, 0.29) is 24.0 Å². The molecule has 2 unspecified atom stereocenters. The highest BCUT2D eigenvalue weighted by Gasteiger charge is 2.29. The quantitative estimate of drug-likeness (QED) is 0.387. The van der Waals surface area contributed by atoms with Crippen molar-refractivity contribution in [2.45, 2.75) is 57.7 Å². The van der Waals surface area contributed by atoms with Crippen LogP contribution in [-0.4, -0.2) is 50.9 Å². The predicted molar refractivity (Wildman–Crippen MR) is 116 cm³/mol. The van der Waals surface area contributed by atoms with Gasteiger partial charge in [-0.1, -0.05) is 0 Å². The zero-order chi connectivity index (χ0) is 17.0.